The van der Waals surface area contributed by atoms with E-state index in [0.29, 0.717) is 16.8 Å². The number of hydrogen-bond acceptors (Lipinski definition) is 6. The summed E-state index contributed by atoms with van der Waals surface area (Å²) in [5.74, 6) is -1.08. The number of amides is 4. The Morgan fingerprint density at radius 3 is 2.24 bits per heavy atom. The number of hydrazine groups is 1. The van der Waals surface area contributed by atoms with Gasteiger partial charge in [0, 0.05) is 16.3 Å². The highest BCUT2D eigenvalue weighted by Crippen LogP contribution is 2.35. The molecule has 2 aromatic heterocycles. The van der Waals surface area contributed by atoms with Crippen molar-refractivity contribution in [2.45, 2.75) is 12.0 Å². The lowest BCUT2D eigenvalue weighted by molar-refractivity contribution is -0.138. The van der Waals surface area contributed by atoms with Gasteiger partial charge in [-0.3, -0.25) is 15.0 Å². The molecule has 3 heterocycles. The molecule has 4 amide bonds. The van der Waals surface area contributed by atoms with Crippen LogP contribution in [0.2, 0.25) is 0 Å². The van der Waals surface area contributed by atoms with Crippen LogP contribution in [-0.2, 0) is 21.5 Å². The number of rotatable bonds is 6. The second-order valence-corrected chi connectivity index (χ2v) is 9.06. The molecule has 33 heavy (non-hydrogen) atoms. The molecule has 7 nitrogen and oxygen atoms in total. The quantitative estimate of drug-likeness (QED) is 0.414. The summed E-state index contributed by atoms with van der Waals surface area (Å²) in [4.78, 5) is 43.7. The fraction of sp³-hybridized carbons (Fsp3) is 0.0833. The van der Waals surface area contributed by atoms with Gasteiger partial charge >= 0.3 is 6.03 Å². The van der Waals surface area contributed by atoms with Gasteiger partial charge in [-0.1, -0.05) is 60.7 Å². The van der Waals surface area contributed by atoms with Crippen LogP contribution in [0.4, 0.5) is 4.79 Å². The number of thiophene rings is 1. The first-order chi connectivity index (χ1) is 16.1. The fourth-order valence-electron chi connectivity index (χ4n) is 3.80. The van der Waals surface area contributed by atoms with E-state index in [4.69, 9.17) is 0 Å². The highest BCUT2D eigenvalue weighted by atomic mass is 32.1. The van der Waals surface area contributed by atoms with Crippen molar-refractivity contribution in [2.24, 2.45) is 0 Å². The van der Waals surface area contributed by atoms with Crippen molar-refractivity contribution in [1.82, 2.24) is 20.7 Å². The molecule has 1 fully saturated rings. The molecule has 1 aliphatic heterocycles. The Labute approximate surface area is 197 Å². The number of nitrogens with zero attached hydrogens (tertiary/aromatic N) is 2. The second-order valence-electron chi connectivity index (χ2n) is 7.42. The lowest BCUT2D eigenvalue weighted by atomic mass is 9.83. The molecule has 0 unspecified atom stereocenters. The largest absolute Gasteiger partial charge is 0.344 e. The van der Waals surface area contributed by atoms with E-state index in [1.165, 1.54) is 11.3 Å². The van der Waals surface area contributed by atoms with E-state index in [1.807, 2.05) is 29.0 Å². The minimum atomic E-state index is -1.43. The van der Waals surface area contributed by atoms with E-state index < -0.39 is 23.4 Å². The molecule has 0 aliphatic carbocycles. The van der Waals surface area contributed by atoms with Gasteiger partial charge in [0.05, 0.1) is 12.1 Å². The zero-order valence-corrected chi connectivity index (χ0v) is 18.9. The maximum atomic E-state index is 13.6. The van der Waals surface area contributed by atoms with E-state index in [1.54, 1.807) is 65.2 Å². The molecule has 5 rings (SSSR count). The standard InChI is InChI=1S/C24H18N4O3S2/c29-20(13-19-15-33-21(25-19)16-11-12-32-14-16)27-28-22(30)24(26-23(28)31,17-7-3-1-4-8-17)18-9-5-2-6-10-18/h1-12,14-15H,13H2,(H,26,31)(H,27,29). The number of nitrogens with one attached hydrogen (secondary N) is 2. The summed E-state index contributed by atoms with van der Waals surface area (Å²) in [6, 6.07) is 19.2. The van der Waals surface area contributed by atoms with Crippen molar-refractivity contribution in [2.75, 3.05) is 0 Å². The van der Waals surface area contributed by atoms with Gasteiger partial charge < -0.3 is 5.32 Å². The van der Waals surface area contributed by atoms with Gasteiger partial charge in [0.15, 0.2) is 5.54 Å². The van der Waals surface area contributed by atoms with Crippen molar-refractivity contribution in [3.63, 3.8) is 0 Å². The number of carbonyl (C=O) groups is 3. The van der Waals surface area contributed by atoms with Crippen LogP contribution in [0, 0.1) is 0 Å². The molecule has 0 bridgehead atoms. The normalized spacial score (nSPS) is 14.8. The fourth-order valence-corrected chi connectivity index (χ4v) is 5.33. The highest BCUT2D eigenvalue weighted by molar-refractivity contribution is 7.14. The van der Waals surface area contributed by atoms with Crippen molar-refractivity contribution in [3.8, 4) is 10.6 Å². The van der Waals surface area contributed by atoms with Crippen LogP contribution in [0.5, 0.6) is 0 Å². The van der Waals surface area contributed by atoms with Gasteiger partial charge in [-0.2, -0.15) is 16.3 Å². The van der Waals surface area contributed by atoms with Crippen LogP contribution in [0.1, 0.15) is 16.8 Å². The van der Waals surface area contributed by atoms with Crippen LogP contribution in [-0.4, -0.2) is 27.8 Å². The van der Waals surface area contributed by atoms with Gasteiger partial charge in [-0.25, -0.2) is 9.78 Å². The summed E-state index contributed by atoms with van der Waals surface area (Å²) in [5.41, 5.74) is 3.81. The lowest BCUT2D eigenvalue weighted by Gasteiger charge is -2.27. The van der Waals surface area contributed by atoms with Gasteiger partial charge in [-0.05, 0) is 22.6 Å². The van der Waals surface area contributed by atoms with Gasteiger partial charge in [0.1, 0.15) is 5.01 Å². The van der Waals surface area contributed by atoms with Crippen LogP contribution < -0.4 is 10.7 Å². The number of benzene rings is 2. The van der Waals surface area contributed by atoms with Gasteiger partial charge in [0.25, 0.3) is 5.91 Å². The molecule has 9 heteroatoms. The van der Waals surface area contributed by atoms with Crippen LogP contribution in [0.15, 0.2) is 82.9 Å². The molecule has 0 saturated carbocycles. The molecule has 2 aromatic carbocycles. The summed E-state index contributed by atoms with van der Waals surface area (Å²) in [6.07, 6.45) is -0.0542. The smallest absolute Gasteiger partial charge is 0.314 e. The van der Waals surface area contributed by atoms with E-state index in [-0.39, 0.29) is 6.42 Å². The zero-order chi connectivity index (χ0) is 22.8. The second kappa shape index (κ2) is 8.61. The van der Waals surface area contributed by atoms with Crippen LogP contribution >= 0.6 is 22.7 Å². The Kier molecular flexibility index (Phi) is 5.49. The maximum absolute atomic E-state index is 13.6. The first-order valence-electron chi connectivity index (χ1n) is 10.1. The van der Waals surface area contributed by atoms with Crippen LogP contribution in [0.25, 0.3) is 10.6 Å². The van der Waals surface area contributed by atoms with E-state index in [9.17, 15) is 14.4 Å². The molecule has 1 saturated heterocycles. The Morgan fingerprint density at radius 1 is 0.970 bits per heavy atom. The first-order valence-corrected chi connectivity index (χ1v) is 11.9. The number of thiazole rings is 1. The third-order valence-electron chi connectivity index (χ3n) is 5.33. The lowest BCUT2D eigenvalue weighted by Crippen LogP contribution is -2.49. The molecule has 164 valence electrons. The predicted octanol–water partition coefficient (Wildman–Crippen LogP) is 3.94. The summed E-state index contributed by atoms with van der Waals surface area (Å²) in [7, 11) is 0. The summed E-state index contributed by atoms with van der Waals surface area (Å²) in [5, 5.41) is 10.1. The Hall–Kier alpha value is -3.82. The monoisotopic (exact) mass is 474 g/mol. The molecule has 0 atom stereocenters. The van der Waals surface area contributed by atoms with E-state index in [2.05, 4.69) is 15.7 Å². The summed E-state index contributed by atoms with van der Waals surface area (Å²) in [6.45, 7) is 0. The number of hydrogen-bond donors (Lipinski definition) is 2. The Bertz CT molecular complexity index is 1260. The Balaban J connectivity index is 1.39. The third kappa shape index (κ3) is 3.81. The van der Waals surface area contributed by atoms with E-state index >= 15 is 0 Å². The summed E-state index contributed by atoms with van der Waals surface area (Å²) < 4.78 is 0. The van der Waals surface area contributed by atoms with Crippen molar-refractivity contribution in [1.29, 1.82) is 0 Å². The number of urea groups is 1. The van der Waals surface area contributed by atoms with Gasteiger partial charge in [-0.15, -0.1) is 11.3 Å². The number of aromatic nitrogens is 1. The molecule has 0 spiro atoms. The highest BCUT2D eigenvalue weighted by Gasteiger charge is 2.54. The molecule has 0 radical (unpaired) electrons. The molecule has 4 aromatic rings. The predicted molar refractivity (Wildman–Crippen MR) is 126 cm³/mol. The SMILES string of the molecule is O=C(Cc1csc(-c2ccsc2)n1)NN1C(=O)NC(c2ccccc2)(c2ccccc2)C1=O. The number of imide groups is 1. The molecular weight excluding hydrogens is 456 g/mol. The minimum absolute atomic E-state index is 0.0542. The van der Waals surface area contributed by atoms with Crippen molar-refractivity contribution < 1.29 is 14.4 Å². The average Bonchev–Trinajstić information content (AvgIpc) is 3.58. The van der Waals surface area contributed by atoms with Crippen LogP contribution in [0.3, 0.4) is 0 Å². The molecule has 1 aliphatic rings. The van der Waals surface area contributed by atoms with Crippen molar-refractivity contribution in [3.05, 3.63) is 99.7 Å². The minimum Gasteiger partial charge on any atom is -0.314 e. The van der Waals surface area contributed by atoms with E-state index in [0.717, 1.165) is 15.6 Å². The topological polar surface area (TPSA) is 91.4 Å². The number of carbonyl (C=O) groups excluding carboxylic acids is 3. The van der Waals surface area contributed by atoms with Gasteiger partial charge in [0.2, 0.25) is 5.91 Å². The zero-order valence-electron chi connectivity index (χ0n) is 17.2. The average molecular weight is 475 g/mol. The first kappa shape index (κ1) is 21.0. The summed E-state index contributed by atoms with van der Waals surface area (Å²) >= 11 is 3.02. The van der Waals surface area contributed by atoms with Crippen molar-refractivity contribution >= 4 is 40.5 Å². The maximum Gasteiger partial charge on any atom is 0.344 e. The molecular formula is C24H18N4O3S2. The third-order valence-corrected chi connectivity index (χ3v) is 6.96. The molecule has 2 N–H and O–H groups in total. The Morgan fingerprint density at radius 2 is 1.64 bits per heavy atom.